The van der Waals surface area contributed by atoms with Gasteiger partial charge in [-0.05, 0) is 43.4 Å². The molecule has 2 atom stereocenters. The number of rotatable bonds is 7. The van der Waals surface area contributed by atoms with E-state index in [1.165, 1.54) is 42.8 Å². The third-order valence-corrected chi connectivity index (χ3v) is 6.27. The first-order chi connectivity index (χ1) is 15.2. The summed E-state index contributed by atoms with van der Waals surface area (Å²) in [5.41, 5.74) is 0.131. The molecule has 1 aliphatic heterocycles. The number of aromatic nitrogens is 2. The van der Waals surface area contributed by atoms with Crippen molar-refractivity contribution in [3.05, 3.63) is 52.6 Å². The number of ether oxygens (including phenoxy) is 1. The van der Waals surface area contributed by atoms with Gasteiger partial charge in [0.1, 0.15) is 11.6 Å². The molecule has 7 nitrogen and oxygen atoms in total. The Morgan fingerprint density at radius 1 is 1.31 bits per heavy atom. The highest BCUT2D eigenvalue weighted by molar-refractivity contribution is 5.93. The molecule has 2 fully saturated rings. The summed E-state index contributed by atoms with van der Waals surface area (Å²) in [6.45, 7) is 2.50. The fourth-order valence-corrected chi connectivity index (χ4v) is 3.88. The molecule has 2 aliphatic rings. The van der Waals surface area contributed by atoms with Gasteiger partial charge >= 0.3 is 0 Å². The highest BCUT2D eigenvalue weighted by atomic mass is 19.3. The van der Waals surface area contributed by atoms with Gasteiger partial charge in [-0.15, -0.1) is 0 Å². The van der Waals surface area contributed by atoms with Crippen molar-refractivity contribution in [3.63, 3.8) is 0 Å². The summed E-state index contributed by atoms with van der Waals surface area (Å²) in [6, 6.07) is 5.56. The number of carbonyl (C=O) groups excluding carboxylic acids is 1. The molecule has 0 spiro atoms. The zero-order chi connectivity index (χ0) is 22.9. The molecule has 1 N–H and O–H groups in total. The second-order valence-electron chi connectivity index (χ2n) is 8.77. The molecule has 0 bridgehead atoms. The van der Waals surface area contributed by atoms with Crippen LogP contribution < -0.4 is 15.6 Å². The minimum absolute atomic E-state index is 0.0150. The second kappa shape index (κ2) is 8.97. The topological polar surface area (TPSA) is 76.5 Å². The fourth-order valence-electron chi connectivity index (χ4n) is 3.88. The van der Waals surface area contributed by atoms with Crippen molar-refractivity contribution >= 4 is 11.7 Å². The van der Waals surface area contributed by atoms with Crippen molar-refractivity contribution in [1.82, 2.24) is 14.5 Å². The Bertz CT molecular complexity index is 1020. The molecule has 1 aliphatic carbocycles. The standard InChI is InChI=1S/C23H28F2N4O3/c1-15(22(31)27-20-7-6-18(11-26-20)32-14-16-3-4-16)29-10-9-23(24,25)19(13-29)17-5-8-21(30)28(2)12-17/h5-8,11-12,15-16,19H,3-4,9-10,13-14H2,1-2H3,(H,26,27,31). The summed E-state index contributed by atoms with van der Waals surface area (Å²) in [5.74, 6) is -2.65. The van der Waals surface area contributed by atoms with Crippen molar-refractivity contribution in [1.29, 1.82) is 0 Å². The Morgan fingerprint density at radius 3 is 2.75 bits per heavy atom. The van der Waals surface area contributed by atoms with Gasteiger partial charge in [-0.1, -0.05) is 6.07 Å². The first kappa shape index (κ1) is 22.4. The van der Waals surface area contributed by atoms with Crippen molar-refractivity contribution in [2.45, 2.75) is 44.1 Å². The molecule has 32 heavy (non-hydrogen) atoms. The van der Waals surface area contributed by atoms with Crippen LogP contribution in [0.3, 0.4) is 0 Å². The maximum absolute atomic E-state index is 14.7. The third kappa shape index (κ3) is 5.15. The number of pyridine rings is 2. The first-order valence-corrected chi connectivity index (χ1v) is 10.9. The van der Waals surface area contributed by atoms with Crippen molar-refractivity contribution in [3.8, 4) is 5.75 Å². The molecule has 1 saturated heterocycles. The van der Waals surface area contributed by atoms with Gasteiger partial charge in [0.2, 0.25) is 11.5 Å². The van der Waals surface area contributed by atoms with Crippen LogP contribution in [0.1, 0.15) is 37.7 Å². The molecule has 0 radical (unpaired) electrons. The lowest BCUT2D eigenvalue weighted by Gasteiger charge is -2.40. The summed E-state index contributed by atoms with van der Waals surface area (Å²) in [5, 5.41) is 2.76. The Balaban J connectivity index is 1.39. The van der Waals surface area contributed by atoms with E-state index in [0.29, 0.717) is 29.7 Å². The van der Waals surface area contributed by atoms with Gasteiger partial charge in [-0.3, -0.25) is 14.5 Å². The number of halogens is 2. The van der Waals surface area contributed by atoms with E-state index in [0.717, 1.165) is 0 Å². The lowest BCUT2D eigenvalue weighted by Crippen LogP contribution is -2.52. The fraction of sp³-hybridized carbons (Fsp3) is 0.522. The van der Waals surface area contributed by atoms with Gasteiger partial charge in [0.05, 0.1) is 24.8 Å². The molecular weight excluding hydrogens is 418 g/mol. The minimum atomic E-state index is -2.91. The number of nitrogens with zero attached hydrogens (tertiary/aromatic N) is 3. The van der Waals surface area contributed by atoms with E-state index >= 15 is 0 Å². The average Bonchev–Trinajstić information content (AvgIpc) is 3.59. The maximum atomic E-state index is 14.7. The largest absolute Gasteiger partial charge is 0.492 e. The molecule has 1 amide bonds. The van der Waals surface area contributed by atoms with E-state index in [1.807, 2.05) is 0 Å². The van der Waals surface area contributed by atoms with Crippen LogP contribution in [0.4, 0.5) is 14.6 Å². The Hall–Kier alpha value is -2.81. The third-order valence-electron chi connectivity index (χ3n) is 6.27. The molecule has 0 aromatic carbocycles. The van der Waals surface area contributed by atoms with Crippen LogP contribution in [0.2, 0.25) is 0 Å². The SMILES string of the molecule is CC(C(=O)Nc1ccc(OCC2CC2)cn1)N1CCC(F)(F)C(c2ccc(=O)n(C)c2)C1. The average molecular weight is 446 g/mol. The van der Waals surface area contributed by atoms with Gasteiger partial charge in [-0.25, -0.2) is 13.8 Å². The van der Waals surface area contributed by atoms with Gasteiger partial charge < -0.3 is 14.6 Å². The van der Waals surface area contributed by atoms with E-state index < -0.39 is 17.9 Å². The van der Waals surface area contributed by atoms with Crippen LogP contribution in [0, 0.1) is 5.92 Å². The Morgan fingerprint density at radius 2 is 2.09 bits per heavy atom. The van der Waals surface area contributed by atoms with Crippen LogP contribution in [0.25, 0.3) is 0 Å². The predicted molar refractivity (Wildman–Crippen MR) is 116 cm³/mol. The molecular formula is C23H28F2N4O3. The summed E-state index contributed by atoms with van der Waals surface area (Å²) in [7, 11) is 1.54. The van der Waals surface area contributed by atoms with E-state index in [2.05, 4.69) is 10.3 Å². The molecule has 2 aromatic heterocycles. The molecule has 172 valence electrons. The van der Waals surface area contributed by atoms with Gasteiger partial charge in [0.25, 0.3) is 5.92 Å². The molecule has 9 heteroatoms. The highest BCUT2D eigenvalue weighted by Gasteiger charge is 2.46. The second-order valence-corrected chi connectivity index (χ2v) is 8.77. The van der Waals surface area contributed by atoms with Gasteiger partial charge in [-0.2, -0.15) is 0 Å². The Kier molecular flexibility index (Phi) is 6.28. The van der Waals surface area contributed by atoms with Crippen molar-refractivity contribution in [2.75, 3.05) is 25.0 Å². The van der Waals surface area contributed by atoms with Crippen LogP contribution in [0.5, 0.6) is 5.75 Å². The molecule has 4 rings (SSSR count). The first-order valence-electron chi connectivity index (χ1n) is 10.9. The number of hydrogen-bond donors (Lipinski definition) is 1. The van der Waals surface area contributed by atoms with Gasteiger partial charge in [0.15, 0.2) is 0 Å². The molecule has 2 aromatic rings. The maximum Gasteiger partial charge on any atom is 0.257 e. The van der Waals surface area contributed by atoms with E-state index in [9.17, 15) is 18.4 Å². The lowest BCUT2D eigenvalue weighted by molar-refractivity contribution is -0.125. The lowest BCUT2D eigenvalue weighted by atomic mass is 9.87. The van der Waals surface area contributed by atoms with Crippen LogP contribution in [-0.2, 0) is 11.8 Å². The summed E-state index contributed by atoms with van der Waals surface area (Å²) in [4.78, 5) is 30.4. The normalized spacial score (nSPS) is 21.7. The zero-order valence-corrected chi connectivity index (χ0v) is 18.3. The summed E-state index contributed by atoms with van der Waals surface area (Å²) >= 11 is 0. The number of carbonyl (C=O) groups is 1. The van der Waals surface area contributed by atoms with E-state index in [4.69, 9.17) is 4.74 Å². The van der Waals surface area contributed by atoms with Crippen LogP contribution in [0.15, 0.2) is 41.5 Å². The summed E-state index contributed by atoms with van der Waals surface area (Å²) < 4.78 is 36.3. The Labute approximate surface area is 185 Å². The number of aryl methyl sites for hydroxylation is 1. The number of hydrogen-bond acceptors (Lipinski definition) is 5. The van der Waals surface area contributed by atoms with Crippen LogP contribution >= 0.6 is 0 Å². The number of piperidine rings is 1. The molecule has 3 heterocycles. The number of amides is 1. The minimum Gasteiger partial charge on any atom is -0.492 e. The van der Waals surface area contributed by atoms with E-state index in [1.54, 1.807) is 30.2 Å². The monoisotopic (exact) mass is 446 g/mol. The smallest absolute Gasteiger partial charge is 0.257 e. The number of alkyl halides is 2. The number of anilines is 1. The highest BCUT2D eigenvalue weighted by Crippen LogP contribution is 2.40. The number of likely N-dealkylation sites (tertiary alicyclic amines) is 1. The number of nitrogens with one attached hydrogen (secondary N) is 1. The van der Waals surface area contributed by atoms with Gasteiger partial charge in [0, 0.05) is 38.8 Å². The molecule has 1 saturated carbocycles. The zero-order valence-electron chi connectivity index (χ0n) is 18.3. The van der Waals surface area contributed by atoms with Crippen molar-refractivity contribution < 1.29 is 18.3 Å². The molecule has 2 unspecified atom stereocenters. The van der Waals surface area contributed by atoms with E-state index in [-0.39, 0.29) is 31.0 Å². The quantitative estimate of drug-likeness (QED) is 0.708. The van der Waals surface area contributed by atoms with Crippen LogP contribution in [-0.4, -0.2) is 52.0 Å². The van der Waals surface area contributed by atoms with Crippen molar-refractivity contribution in [2.24, 2.45) is 13.0 Å². The predicted octanol–water partition coefficient (Wildman–Crippen LogP) is 3.02. The summed E-state index contributed by atoms with van der Waals surface area (Å²) in [6.07, 6.45) is 5.06.